The van der Waals surface area contributed by atoms with E-state index in [2.05, 4.69) is 88.5 Å². The largest absolute Gasteiger partial charge is 0.478 e. The van der Waals surface area contributed by atoms with Crippen LogP contribution in [-0.4, -0.2) is 66.8 Å². The molecule has 0 saturated heterocycles. The average molecular weight is 708 g/mol. The SMILES string of the molecule is C[Si](C)(C)N=C(N[Si](C)(C)C)c1ccccc1C(=O)O.C[Si](C)(C)N=C(N[Si](C)(C)C)c1ccccc1C(=O)O.[Zr]. The van der Waals surface area contributed by atoms with Crippen molar-refractivity contribution >= 4 is 56.6 Å². The number of rotatable bonds is 8. The minimum atomic E-state index is -1.71. The Morgan fingerprint density at radius 3 is 0.976 bits per heavy atom. The maximum atomic E-state index is 11.4. The summed E-state index contributed by atoms with van der Waals surface area (Å²) in [6.45, 7) is 25.9. The van der Waals surface area contributed by atoms with Gasteiger partial charge in [0.2, 0.25) is 0 Å². The van der Waals surface area contributed by atoms with Crippen molar-refractivity contribution in [2.75, 3.05) is 0 Å². The molecule has 0 bridgehead atoms. The molecule has 0 heterocycles. The molecule has 41 heavy (non-hydrogen) atoms. The molecule has 13 heteroatoms. The molecule has 224 valence electrons. The van der Waals surface area contributed by atoms with Gasteiger partial charge in [0.05, 0.1) is 11.1 Å². The van der Waals surface area contributed by atoms with Crippen LogP contribution >= 0.6 is 0 Å². The van der Waals surface area contributed by atoms with Crippen molar-refractivity contribution in [1.29, 1.82) is 0 Å². The molecular formula is C28H48N4O4Si4Zr. The zero-order valence-corrected chi connectivity index (χ0v) is 33.2. The summed E-state index contributed by atoms with van der Waals surface area (Å²) in [5.74, 6) is -0.356. The molecule has 0 aliphatic carbocycles. The van der Waals surface area contributed by atoms with E-state index in [-0.39, 0.29) is 26.2 Å². The third kappa shape index (κ3) is 15.8. The smallest absolute Gasteiger partial charge is 0.336 e. The number of hydrogen-bond acceptors (Lipinski definition) is 4. The normalized spacial score (nSPS) is 12.9. The van der Waals surface area contributed by atoms with Gasteiger partial charge in [-0.1, -0.05) is 75.7 Å². The van der Waals surface area contributed by atoms with Gasteiger partial charge in [0.25, 0.3) is 0 Å². The van der Waals surface area contributed by atoms with Crippen LogP contribution in [0.1, 0.15) is 31.8 Å². The molecule has 2 rings (SSSR count). The molecule has 0 unspecified atom stereocenters. The van der Waals surface area contributed by atoms with E-state index in [0.29, 0.717) is 22.3 Å². The molecule has 0 aliphatic rings. The summed E-state index contributed by atoms with van der Waals surface area (Å²) in [5.41, 5.74) is 1.97. The topological polar surface area (TPSA) is 123 Å². The fourth-order valence-electron chi connectivity index (χ4n) is 3.44. The van der Waals surface area contributed by atoms with E-state index in [0.717, 1.165) is 11.7 Å². The molecule has 0 aromatic heterocycles. The summed E-state index contributed by atoms with van der Waals surface area (Å²) < 4.78 is 9.65. The van der Waals surface area contributed by atoms with Crippen LogP contribution in [0.15, 0.2) is 57.8 Å². The van der Waals surface area contributed by atoms with Gasteiger partial charge in [-0.05, 0) is 51.4 Å². The molecule has 0 saturated carbocycles. The second kappa shape index (κ2) is 15.5. The Hall–Kier alpha value is -1.93. The van der Waals surface area contributed by atoms with Crippen molar-refractivity contribution in [3.63, 3.8) is 0 Å². The van der Waals surface area contributed by atoms with E-state index in [9.17, 15) is 19.8 Å². The first kappa shape index (κ1) is 39.1. The number of carboxylic acid groups (broad SMARTS) is 2. The van der Waals surface area contributed by atoms with Gasteiger partial charge in [0.1, 0.15) is 28.1 Å². The molecule has 0 spiro atoms. The second-order valence-corrected chi connectivity index (χ2v) is 32.3. The van der Waals surface area contributed by atoms with Crippen molar-refractivity contribution in [2.24, 2.45) is 9.32 Å². The first-order valence-corrected chi connectivity index (χ1v) is 27.3. The summed E-state index contributed by atoms with van der Waals surface area (Å²) >= 11 is 0. The zero-order chi connectivity index (χ0) is 31.1. The predicted molar refractivity (Wildman–Crippen MR) is 180 cm³/mol. The molecule has 0 radical (unpaired) electrons. The van der Waals surface area contributed by atoms with E-state index in [4.69, 9.17) is 9.32 Å². The van der Waals surface area contributed by atoms with E-state index in [1.807, 2.05) is 24.3 Å². The fraction of sp³-hybridized carbons (Fsp3) is 0.429. The van der Waals surface area contributed by atoms with E-state index >= 15 is 0 Å². The predicted octanol–water partition coefficient (Wildman–Crippen LogP) is 6.78. The average Bonchev–Trinajstić information content (AvgIpc) is 2.75. The van der Waals surface area contributed by atoms with Gasteiger partial charge in [-0.25, -0.2) is 9.59 Å². The minimum Gasteiger partial charge on any atom is -0.478 e. The Morgan fingerprint density at radius 1 is 0.537 bits per heavy atom. The van der Waals surface area contributed by atoms with Crippen LogP contribution in [0.4, 0.5) is 0 Å². The van der Waals surface area contributed by atoms with E-state index in [1.165, 1.54) is 0 Å². The van der Waals surface area contributed by atoms with E-state index < -0.39 is 44.9 Å². The van der Waals surface area contributed by atoms with Crippen molar-refractivity contribution < 1.29 is 46.0 Å². The number of carboxylic acids is 2. The monoisotopic (exact) mass is 706 g/mol. The summed E-state index contributed by atoms with van der Waals surface area (Å²) in [7, 11) is -6.64. The number of nitrogens with one attached hydrogen (secondary N) is 2. The number of hydrogen-bond donors (Lipinski definition) is 4. The van der Waals surface area contributed by atoms with Gasteiger partial charge in [0, 0.05) is 37.3 Å². The summed E-state index contributed by atoms with van der Waals surface area (Å²) in [4.78, 5) is 29.8. The Labute approximate surface area is 269 Å². The number of amidine groups is 2. The van der Waals surface area contributed by atoms with Crippen LogP contribution in [-0.2, 0) is 26.2 Å². The molecule has 0 amide bonds. The van der Waals surface area contributed by atoms with Gasteiger partial charge in [-0.3, -0.25) is 0 Å². The molecule has 0 fully saturated rings. The van der Waals surface area contributed by atoms with Gasteiger partial charge >= 0.3 is 11.9 Å². The van der Waals surface area contributed by atoms with Crippen molar-refractivity contribution in [2.45, 2.75) is 78.6 Å². The third-order valence-electron chi connectivity index (χ3n) is 4.71. The number of nitrogens with zero attached hydrogens (tertiary/aromatic N) is 2. The van der Waals surface area contributed by atoms with Crippen LogP contribution in [0.3, 0.4) is 0 Å². The van der Waals surface area contributed by atoms with Crippen molar-refractivity contribution in [1.82, 2.24) is 9.96 Å². The minimum absolute atomic E-state index is 0. The van der Waals surface area contributed by atoms with Crippen LogP contribution < -0.4 is 9.96 Å². The Balaban J connectivity index is 0.000000762. The first-order valence-electron chi connectivity index (χ1n) is 13.4. The number of aromatic carboxylic acids is 2. The molecule has 0 aliphatic heterocycles. The van der Waals surface area contributed by atoms with Crippen LogP contribution in [0, 0.1) is 0 Å². The second-order valence-electron chi connectivity index (χ2n) is 13.7. The maximum absolute atomic E-state index is 11.4. The standard InChI is InChI=1S/2C14H24N2O2Si2.Zr/c2*1-19(2,3)15-13(16-20(4,5)6)11-9-7-8-10-12(11)14(17)18;/h2*7-10H,1-6H3,(H,15,16)(H,17,18);. The molecular weight excluding hydrogens is 660 g/mol. The first-order chi connectivity index (χ1) is 18.0. The van der Waals surface area contributed by atoms with Gasteiger partial charge < -0.3 is 29.5 Å². The third-order valence-corrected chi connectivity index (χ3v) is 8.47. The van der Waals surface area contributed by atoms with Gasteiger partial charge in [-0.15, -0.1) is 0 Å². The summed E-state index contributed by atoms with van der Waals surface area (Å²) in [5, 5.41) is 18.7. The Morgan fingerprint density at radius 2 is 0.780 bits per heavy atom. The van der Waals surface area contributed by atoms with Crippen molar-refractivity contribution in [3.8, 4) is 0 Å². The quantitative estimate of drug-likeness (QED) is 0.136. The van der Waals surface area contributed by atoms with Gasteiger partial charge in [-0.2, -0.15) is 0 Å². The summed E-state index contributed by atoms with van der Waals surface area (Å²) in [6.07, 6.45) is 0. The fourth-order valence-corrected chi connectivity index (χ4v) is 7.16. The molecule has 2 aromatic carbocycles. The zero-order valence-electron chi connectivity index (χ0n) is 26.7. The Kier molecular flexibility index (Phi) is 14.8. The van der Waals surface area contributed by atoms with Crippen LogP contribution in [0.25, 0.3) is 0 Å². The molecule has 0 atom stereocenters. The maximum Gasteiger partial charge on any atom is 0.336 e. The molecule has 4 N–H and O–H groups in total. The Bertz CT molecular complexity index is 1160. The van der Waals surface area contributed by atoms with Crippen molar-refractivity contribution in [3.05, 3.63) is 70.8 Å². The van der Waals surface area contributed by atoms with E-state index in [1.54, 1.807) is 24.3 Å². The molecule has 8 nitrogen and oxygen atoms in total. The summed E-state index contributed by atoms with van der Waals surface area (Å²) in [6, 6.07) is 14.1. The van der Waals surface area contributed by atoms with Crippen LogP contribution in [0.5, 0.6) is 0 Å². The van der Waals surface area contributed by atoms with Gasteiger partial charge in [0.15, 0.2) is 16.5 Å². The number of benzene rings is 2. The number of carbonyl (C=O) groups is 2. The van der Waals surface area contributed by atoms with Crippen LogP contribution in [0.2, 0.25) is 78.6 Å². The molecule has 2 aromatic rings.